The Hall–Kier alpha value is -0.540. The smallest absolute Gasteiger partial charge is 0.123 e. The van der Waals surface area contributed by atoms with Gasteiger partial charge >= 0.3 is 0 Å². The molecule has 1 N–H and O–H groups in total. The molecule has 1 heterocycles. The summed E-state index contributed by atoms with van der Waals surface area (Å²) in [7, 11) is 0. The Kier molecular flexibility index (Phi) is 3.25. The molecule has 0 aliphatic carbocycles. The molecule has 1 aliphatic rings. The Bertz CT molecular complexity index is 430. The van der Waals surface area contributed by atoms with Crippen molar-refractivity contribution in [2.24, 2.45) is 5.41 Å². The average Bonchev–Trinajstić information content (AvgIpc) is 2.19. The van der Waals surface area contributed by atoms with E-state index in [-0.39, 0.29) is 11.2 Å². The molecular formula is C14H19FOS. The van der Waals surface area contributed by atoms with Crippen molar-refractivity contribution in [3.8, 4) is 0 Å². The Labute approximate surface area is 106 Å². The lowest BCUT2D eigenvalue weighted by Gasteiger charge is -2.42. The van der Waals surface area contributed by atoms with Crippen LogP contribution in [-0.2, 0) is 5.60 Å². The summed E-state index contributed by atoms with van der Waals surface area (Å²) in [5.41, 5.74) is 0.916. The van der Waals surface area contributed by atoms with E-state index in [1.807, 2.05) is 6.92 Å². The number of rotatable bonds is 1. The van der Waals surface area contributed by atoms with Gasteiger partial charge in [-0.15, -0.1) is 0 Å². The fourth-order valence-electron chi connectivity index (χ4n) is 2.66. The predicted octanol–water partition coefficient (Wildman–Crippen LogP) is 3.48. The van der Waals surface area contributed by atoms with E-state index in [9.17, 15) is 9.50 Å². The van der Waals surface area contributed by atoms with E-state index in [1.54, 1.807) is 17.8 Å². The minimum Gasteiger partial charge on any atom is -0.384 e. The molecule has 17 heavy (non-hydrogen) atoms. The Morgan fingerprint density at radius 1 is 1.29 bits per heavy atom. The number of thioether (sulfide) groups is 1. The van der Waals surface area contributed by atoms with Gasteiger partial charge in [-0.05, 0) is 47.8 Å². The largest absolute Gasteiger partial charge is 0.384 e. The maximum Gasteiger partial charge on any atom is 0.123 e. The molecule has 1 aromatic rings. The fraction of sp³-hybridized carbons (Fsp3) is 0.571. The normalized spacial score (nSPS) is 28.1. The van der Waals surface area contributed by atoms with Gasteiger partial charge in [0.05, 0.1) is 5.60 Å². The molecule has 1 aliphatic heterocycles. The minimum atomic E-state index is -0.890. The first-order chi connectivity index (χ1) is 7.82. The van der Waals surface area contributed by atoms with E-state index in [1.165, 1.54) is 12.1 Å². The minimum absolute atomic E-state index is 0.0937. The van der Waals surface area contributed by atoms with Crippen molar-refractivity contribution in [1.82, 2.24) is 0 Å². The molecular weight excluding hydrogens is 235 g/mol. The van der Waals surface area contributed by atoms with Crippen molar-refractivity contribution in [1.29, 1.82) is 0 Å². The third-order valence-corrected chi connectivity index (χ3v) is 4.97. The molecule has 2 rings (SSSR count). The average molecular weight is 254 g/mol. The van der Waals surface area contributed by atoms with Crippen LogP contribution in [-0.4, -0.2) is 16.6 Å². The van der Waals surface area contributed by atoms with Crippen molar-refractivity contribution < 1.29 is 9.50 Å². The van der Waals surface area contributed by atoms with E-state index < -0.39 is 5.60 Å². The van der Waals surface area contributed by atoms with Crippen LogP contribution in [0.1, 0.15) is 31.4 Å². The van der Waals surface area contributed by atoms with Crippen molar-refractivity contribution in [2.45, 2.75) is 32.8 Å². The lowest BCUT2D eigenvalue weighted by Crippen LogP contribution is -2.40. The van der Waals surface area contributed by atoms with Crippen LogP contribution < -0.4 is 0 Å². The summed E-state index contributed by atoms with van der Waals surface area (Å²) >= 11 is 1.75. The SMILES string of the molecule is Cc1ccc(F)cc1C1(O)CSCC(C)(C)C1. The molecule has 0 saturated carbocycles. The highest BCUT2D eigenvalue weighted by Crippen LogP contribution is 2.45. The van der Waals surface area contributed by atoms with Crippen LogP contribution in [0.15, 0.2) is 18.2 Å². The molecule has 1 atom stereocenters. The maximum atomic E-state index is 13.3. The van der Waals surface area contributed by atoms with E-state index in [2.05, 4.69) is 13.8 Å². The van der Waals surface area contributed by atoms with Crippen LogP contribution >= 0.6 is 11.8 Å². The van der Waals surface area contributed by atoms with Crippen LogP contribution in [0.2, 0.25) is 0 Å². The number of hydrogen-bond acceptors (Lipinski definition) is 2. The van der Waals surface area contributed by atoms with Crippen molar-refractivity contribution in [2.75, 3.05) is 11.5 Å². The summed E-state index contributed by atoms with van der Waals surface area (Å²) in [6.45, 7) is 6.23. The zero-order valence-corrected chi connectivity index (χ0v) is 11.4. The van der Waals surface area contributed by atoms with Gasteiger partial charge in [-0.3, -0.25) is 0 Å². The summed E-state index contributed by atoms with van der Waals surface area (Å²) in [5, 5.41) is 10.8. The number of halogens is 1. The van der Waals surface area contributed by atoms with Gasteiger partial charge in [0.2, 0.25) is 0 Å². The van der Waals surface area contributed by atoms with E-state index in [4.69, 9.17) is 0 Å². The number of benzene rings is 1. The molecule has 3 heteroatoms. The number of hydrogen-bond donors (Lipinski definition) is 1. The highest BCUT2D eigenvalue weighted by molar-refractivity contribution is 7.99. The molecule has 0 aromatic heterocycles. The molecule has 0 spiro atoms. The van der Waals surface area contributed by atoms with E-state index >= 15 is 0 Å². The van der Waals surface area contributed by atoms with E-state index in [0.29, 0.717) is 12.2 Å². The number of aliphatic hydroxyl groups is 1. The van der Waals surface area contributed by atoms with Crippen molar-refractivity contribution >= 4 is 11.8 Å². The summed E-state index contributed by atoms with van der Waals surface area (Å²) in [6.07, 6.45) is 0.692. The Morgan fingerprint density at radius 2 is 2.00 bits per heavy atom. The van der Waals surface area contributed by atoms with Crippen LogP contribution in [0.3, 0.4) is 0 Å². The number of aryl methyl sites for hydroxylation is 1. The standard InChI is InChI=1S/C14H19FOS/c1-10-4-5-11(15)6-12(10)14(16)7-13(2,3)8-17-9-14/h4-6,16H,7-9H2,1-3H3. The van der Waals surface area contributed by atoms with Gasteiger partial charge in [0.15, 0.2) is 0 Å². The molecule has 0 bridgehead atoms. The van der Waals surface area contributed by atoms with Crippen molar-refractivity contribution in [3.05, 3.63) is 35.1 Å². The van der Waals surface area contributed by atoms with Gasteiger partial charge < -0.3 is 5.11 Å². The van der Waals surface area contributed by atoms with Gasteiger partial charge in [0.1, 0.15) is 5.82 Å². The van der Waals surface area contributed by atoms with Crippen LogP contribution in [0.5, 0.6) is 0 Å². The first-order valence-corrected chi connectivity index (χ1v) is 7.05. The lowest BCUT2D eigenvalue weighted by molar-refractivity contribution is 0.0148. The molecule has 1 aromatic carbocycles. The predicted molar refractivity (Wildman–Crippen MR) is 70.8 cm³/mol. The summed E-state index contributed by atoms with van der Waals surface area (Å²) in [6, 6.07) is 4.68. The molecule has 1 saturated heterocycles. The first kappa shape index (κ1) is 12.9. The van der Waals surface area contributed by atoms with E-state index in [0.717, 1.165) is 16.9 Å². The van der Waals surface area contributed by atoms with Gasteiger partial charge in [-0.1, -0.05) is 19.9 Å². The molecule has 94 valence electrons. The second kappa shape index (κ2) is 4.29. The van der Waals surface area contributed by atoms with Crippen LogP contribution in [0.4, 0.5) is 4.39 Å². The summed E-state index contributed by atoms with van der Waals surface area (Å²) in [5.74, 6) is 1.43. The quantitative estimate of drug-likeness (QED) is 0.828. The van der Waals surface area contributed by atoms with Gasteiger partial charge in [-0.25, -0.2) is 4.39 Å². The molecule has 0 radical (unpaired) electrons. The fourth-order valence-corrected chi connectivity index (χ4v) is 4.01. The highest BCUT2D eigenvalue weighted by Gasteiger charge is 2.41. The lowest BCUT2D eigenvalue weighted by atomic mass is 9.77. The topological polar surface area (TPSA) is 20.2 Å². The Morgan fingerprint density at radius 3 is 2.65 bits per heavy atom. The molecule has 0 amide bonds. The third kappa shape index (κ3) is 2.66. The Balaban J connectivity index is 2.40. The zero-order chi connectivity index (χ0) is 12.7. The third-order valence-electron chi connectivity index (χ3n) is 3.31. The van der Waals surface area contributed by atoms with Gasteiger partial charge in [0, 0.05) is 5.75 Å². The first-order valence-electron chi connectivity index (χ1n) is 5.89. The molecule has 1 fully saturated rings. The monoisotopic (exact) mass is 254 g/mol. The maximum absolute atomic E-state index is 13.3. The second-order valence-corrected chi connectivity index (χ2v) is 6.81. The summed E-state index contributed by atoms with van der Waals surface area (Å²) < 4.78 is 13.3. The highest BCUT2D eigenvalue weighted by atomic mass is 32.2. The summed E-state index contributed by atoms with van der Waals surface area (Å²) in [4.78, 5) is 0. The van der Waals surface area contributed by atoms with Crippen LogP contribution in [0, 0.1) is 18.2 Å². The zero-order valence-electron chi connectivity index (χ0n) is 10.6. The van der Waals surface area contributed by atoms with Gasteiger partial charge in [-0.2, -0.15) is 11.8 Å². The van der Waals surface area contributed by atoms with Crippen LogP contribution in [0.25, 0.3) is 0 Å². The molecule has 1 unspecified atom stereocenters. The molecule has 1 nitrogen and oxygen atoms in total. The van der Waals surface area contributed by atoms with Gasteiger partial charge in [0.25, 0.3) is 0 Å². The second-order valence-electron chi connectivity index (χ2n) is 5.82. The van der Waals surface area contributed by atoms with Crippen molar-refractivity contribution in [3.63, 3.8) is 0 Å².